The van der Waals surface area contributed by atoms with Crippen LogP contribution in [0, 0.1) is 32.1 Å². The zero-order chi connectivity index (χ0) is 14.9. The first kappa shape index (κ1) is 14.0. The zero-order valence-electron chi connectivity index (χ0n) is 12.2. The first-order valence-corrected chi connectivity index (χ1v) is 6.45. The summed E-state index contributed by atoms with van der Waals surface area (Å²) in [7, 11) is 1.63. The maximum absolute atomic E-state index is 12.5. The zero-order valence-corrected chi connectivity index (χ0v) is 12.2. The molecule has 2 rings (SSSR count). The van der Waals surface area contributed by atoms with Crippen molar-refractivity contribution in [3.8, 4) is 6.07 Å². The van der Waals surface area contributed by atoms with Crippen LogP contribution in [0.3, 0.4) is 0 Å². The van der Waals surface area contributed by atoms with Gasteiger partial charge in [0.25, 0.3) is 5.91 Å². The molecule has 0 aliphatic rings. The van der Waals surface area contributed by atoms with Gasteiger partial charge >= 0.3 is 0 Å². The van der Waals surface area contributed by atoms with Gasteiger partial charge in [0.2, 0.25) is 0 Å². The van der Waals surface area contributed by atoms with Gasteiger partial charge in [-0.1, -0.05) is 11.6 Å². The molecule has 20 heavy (non-hydrogen) atoms. The van der Waals surface area contributed by atoms with Gasteiger partial charge in [0.15, 0.2) is 0 Å². The van der Waals surface area contributed by atoms with Crippen LogP contribution in [0.2, 0.25) is 0 Å². The summed E-state index contributed by atoms with van der Waals surface area (Å²) >= 11 is 0. The van der Waals surface area contributed by atoms with Crippen molar-refractivity contribution in [2.24, 2.45) is 0 Å². The Bertz CT molecular complexity index is 729. The van der Waals surface area contributed by atoms with Gasteiger partial charge in [0.1, 0.15) is 6.54 Å². The summed E-state index contributed by atoms with van der Waals surface area (Å²) in [6.07, 6.45) is 0. The predicted molar refractivity (Wildman–Crippen MR) is 78.5 cm³/mol. The van der Waals surface area contributed by atoms with Crippen molar-refractivity contribution in [1.82, 2.24) is 9.88 Å². The van der Waals surface area contributed by atoms with Gasteiger partial charge in [0, 0.05) is 18.1 Å². The standard InChI is InChI=1S/C16H17N3O/c1-10-7-11(2)15-13(8-10)14(9-12(3)18-15)16(20)19(4)6-5-17/h7-9H,6H2,1-4H3. The summed E-state index contributed by atoms with van der Waals surface area (Å²) in [5.41, 5.74) is 4.41. The van der Waals surface area contributed by atoms with Crippen molar-refractivity contribution in [2.45, 2.75) is 20.8 Å². The van der Waals surface area contributed by atoms with Gasteiger partial charge in [0.05, 0.1) is 17.1 Å². The average molecular weight is 267 g/mol. The second-order valence-electron chi connectivity index (χ2n) is 5.11. The van der Waals surface area contributed by atoms with E-state index in [4.69, 9.17) is 5.26 Å². The Labute approximate surface area is 118 Å². The number of pyridine rings is 1. The molecule has 4 heteroatoms. The van der Waals surface area contributed by atoms with Crippen LogP contribution in [-0.4, -0.2) is 29.4 Å². The molecule has 0 unspecified atom stereocenters. The molecular weight excluding hydrogens is 250 g/mol. The lowest BCUT2D eigenvalue weighted by Gasteiger charge is -2.16. The highest BCUT2D eigenvalue weighted by Gasteiger charge is 2.17. The van der Waals surface area contributed by atoms with E-state index in [1.165, 1.54) is 4.90 Å². The van der Waals surface area contributed by atoms with E-state index in [-0.39, 0.29) is 12.5 Å². The molecule has 0 aliphatic heterocycles. The Morgan fingerprint density at radius 2 is 2.00 bits per heavy atom. The summed E-state index contributed by atoms with van der Waals surface area (Å²) in [5.74, 6) is -0.146. The molecule has 0 radical (unpaired) electrons. The Hall–Kier alpha value is -2.41. The number of rotatable bonds is 2. The van der Waals surface area contributed by atoms with Crippen molar-refractivity contribution in [3.63, 3.8) is 0 Å². The van der Waals surface area contributed by atoms with E-state index in [2.05, 4.69) is 11.1 Å². The number of nitriles is 1. The topological polar surface area (TPSA) is 57.0 Å². The Morgan fingerprint density at radius 1 is 1.30 bits per heavy atom. The minimum atomic E-state index is -0.146. The lowest BCUT2D eigenvalue weighted by molar-refractivity contribution is 0.0813. The molecule has 102 valence electrons. The lowest BCUT2D eigenvalue weighted by atomic mass is 10.0. The van der Waals surface area contributed by atoms with Gasteiger partial charge in [-0.3, -0.25) is 9.78 Å². The predicted octanol–water partition coefficient (Wildman–Crippen LogP) is 2.76. The number of aryl methyl sites for hydroxylation is 3. The largest absolute Gasteiger partial charge is 0.328 e. The number of carbonyl (C=O) groups is 1. The third kappa shape index (κ3) is 2.48. The molecule has 1 aromatic carbocycles. The highest BCUT2D eigenvalue weighted by molar-refractivity contribution is 6.07. The molecule has 0 saturated heterocycles. The number of fused-ring (bicyclic) bond motifs is 1. The SMILES string of the molecule is Cc1cc(C)c2nc(C)cc(C(=O)N(C)CC#N)c2c1. The van der Waals surface area contributed by atoms with Crippen molar-refractivity contribution >= 4 is 16.8 Å². The molecule has 0 spiro atoms. The van der Waals surface area contributed by atoms with E-state index < -0.39 is 0 Å². The van der Waals surface area contributed by atoms with Gasteiger partial charge in [-0.05, 0) is 38.5 Å². The molecule has 0 bridgehead atoms. The van der Waals surface area contributed by atoms with Crippen molar-refractivity contribution in [2.75, 3.05) is 13.6 Å². The normalized spacial score (nSPS) is 10.3. The first-order chi connectivity index (χ1) is 9.43. The molecule has 0 saturated carbocycles. The number of amides is 1. The molecule has 0 aliphatic carbocycles. The van der Waals surface area contributed by atoms with Crippen LogP contribution in [-0.2, 0) is 0 Å². The third-order valence-electron chi connectivity index (χ3n) is 3.26. The Balaban J connectivity index is 2.70. The number of benzene rings is 1. The van der Waals surface area contributed by atoms with Gasteiger partial charge < -0.3 is 4.90 Å². The van der Waals surface area contributed by atoms with Crippen LogP contribution in [0.4, 0.5) is 0 Å². The van der Waals surface area contributed by atoms with Crippen molar-refractivity contribution < 1.29 is 4.79 Å². The van der Waals surface area contributed by atoms with E-state index in [0.29, 0.717) is 5.56 Å². The fourth-order valence-corrected chi connectivity index (χ4v) is 2.37. The van der Waals surface area contributed by atoms with E-state index >= 15 is 0 Å². The van der Waals surface area contributed by atoms with E-state index in [9.17, 15) is 4.79 Å². The maximum atomic E-state index is 12.5. The summed E-state index contributed by atoms with van der Waals surface area (Å²) in [6, 6.07) is 7.81. The minimum Gasteiger partial charge on any atom is -0.328 e. The molecule has 0 N–H and O–H groups in total. The third-order valence-corrected chi connectivity index (χ3v) is 3.26. The maximum Gasteiger partial charge on any atom is 0.255 e. The summed E-state index contributed by atoms with van der Waals surface area (Å²) in [6.45, 7) is 5.95. The fourth-order valence-electron chi connectivity index (χ4n) is 2.37. The number of hydrogen-bond acceptors (Lipinski definition) is 3. The average Bonchev–Trinajstić information content (AvgIpc) is 2.38. The number of carbonyl (C=O) groups excluding carboxylic acids is 1. The molecule has 1 amide bonds. The number of nitrogens with zero attached hydrogens (tertiary/aromatic N) is 3. The van der Waals surface area contributed by atoms with E-state index in [1.54, 1.807) is 13.1 Å². The second-order valence-corrected chi connectivity index (χ2v) is 5.11. The Kier molecular flexibility index (Phi) is 3.71. The summed E-state index contributed by atoms with van der Waals surface area (Å²) in [5, 5.41) is 9.58. The van der Waals surface area contributed by atoms with Gasteiger partial charge in [-0.15, -0.1) is 0 Å². The van der Waals surface area contributed by atoms with Crippen LogP contribution in [0.15, 0.2) is 18.2 Å². The van der Waals surface area contributed by atoms with Gasteiger partial charge in [-0.25, -0.2) is 0 Å². The number of hydrogen-bond donors (Lipinski definition) is 0. The Morgan fingerprint density at radius 3 is 2.65 bits per heavy atom. The smallest absolute Gasteiger partial charge is 0.255 e. The molecule has 4 nitrogen and oxygen atoms in total. The monoisotopic (exact) mass is 267 g/mol. The highest BCUT2D eigenvalue weighted by Crippen LogP contribution is 2.24. The fraction of sp³-hybridized carbons (Fsp3) is 0.312. The van der Waals surface area contributed by atoms with E-state index in [0.717, 1.165) is 27.7 Å². The second kappa shape index (κ2) is 5.30. The van der Waals surface area contributed by atoms with Crippen LogP contribution in [0.5, 0.6) is 0 Å². The molecule has 0 atom stereocenters. The molecule has 0 fully saturated rings. The molecule has 1 aromatic heterocycles. The quantitative estimate of drug-likeness (QED) is 0.786. The van der Waals surface area contributed by atoms with Crippen LogP contribution in [0.1, 0.15) is 27.2 Å². The first-order valence-electron chi connectivity index (χ1n) is 6.45. The minimum absolute atomic E-state index is 0.0759. The lowest BCUT2D eigenvalue weighted by Crippen LogP contribution is -2.27. The summed E-state index contributed by atoms with van der Waals surface area (Å²) in [4.78, 5) is 18.4. The molecule has 2 aromatic rings. The van der Waals surface area contributed by atoms with Crippen molar-refractivity contribution in [1.29, 1.82) is 5.26 Å². The van der Waals surface area contributed by atoms with Crippen molar-refractivity contribution in [3.05, 3.63) is 40.6 Å². The highest BCUT2D eigenvalue weighted by atomic mass is 16.2. The molecular formula is C16H17N3O. The van der Waals surface area contributed by atoms with Crippen LogP contribution in [0.25, 0.3) is 10.9 Å². The van der Waals surface area contributed by atoms with Crippen LogP contribution < -0.4 is 0 Å². The molecule has 1 heterocycles. The summed E-state index contributed by atoms with van der Waals surface area (Å²) < 4.78 is 0. The number of aromatic nitrogens is 1. The van der Waals surface area contributed by atoms with E-state index in [1.807, 2.05) is 32.9 Å². The van der Waals surface area contributed by atoms with Crippen LogP contribution >= 0.6 is 0 Å². The van der Waals surface area contributed by atoms with Gasteiger partial charge in [-0.2, -0.15) is 5.26 Å².